The third-order valence-electron chi connectivity index (χ3n) is 3.06. The maximum Gasteiger partial charge on any atom is 0.168 e. The van der Waals surface area contributed by atoms with Crippen LogP contribution in [0.2, 0.25) is 0 Å². The molecule has 1 aliphatic heterocycles. The van der Waals surface area contributed by atoms with Crippen LogP contribution in [-0.2, 0) is 0 Å². The van der Waals surface area contributed by atoms with Crippen LogP contribution in [0.5, 0.6) is 5.75 Å². The van der Waals surface area contributed by atoms with Gasteiger partial charge in [-0.2, -0.15) is 0 Å². The average molecular weight is 251 g/mol. The monoisotopic (exact) mass is 251 g/mol. The molecule has 2 aromatic rings. The quantitative estimate of drug-likeness (QED) is 0.769. The molecular weight excluding hydrogens is 238 g/mol. The van der Waals surface area contributed by atoms with Crippen molar-refractivity contribution in [3.63, 3.8) is 0 Å². The average Bonchev–Trinajstić information content (AvgIpc) is 2.46. The standard InChI is InChI=1S/C16H13NO2/c1-11-4-2-5-12(8-11)15-16-13(6-3-7-19-16)9-14(10-18)17-15/h2-6,8-10H,7H2,1H3. The number of carbonyl (C=O) groups is 1. The fourth-order valence-corrected chi connectivity index (χ4v) is 2.20. The Labute approximate surface area is 111 Å². The van der Waals surface area contributed by atoms with E-state index in [0.29, 0.717) is 12.3 Å². The lowest BCUT2D eigenvalue weighted by atomic mass is 10.0. The Morgan fingerprint density at radius 2 is 2.21 bits per heavy atom. The molecule has 1 aromatic carbocycles. The number of benzene rings is 1. The van der Waals surface area contributed by atoms with Gasteiger partial charge in [0, 0.05) is 11.1 Å². The highest BCUT2D eigenvalue weighted by Gasteiger charge is 2.16. The summed E-state index contributed by atoms with van der Waals surface area (Å²) >= 11 is 0. The van der Waals surface area contributed by atoms with Crippen molar-refractivity contribution in [1.82, 2.24) is 4.98 Å². The van der Waals surface area contributed by atoms with Gasteiger partial charge in [0.25, 0.3) is 0 Å². The molecule has 0 saturated carbocycles. The highest BCUT2D eigenvalue weighted by molar-refractivity contribution is 5.81. The van der Waals surface area contributed by atoms with Crippen LogP contribution in [0.3, 0.4) is 0 Å². The molecular formula is C16H13NO2. The third-order valence-corrected chi connectivity index (χ3v) is 3.06. The fraction of sp³-hybridized carbons (Fsp3) is 0.125. The zero-order valence-corrected chi connectivity index (χ0v) is 10.6. The molecule has 0 N–H and O–H groups in total. The van der Waals surface area contributed by atoms with Crippen molar-refractivity contribution < 1.29 is 9.53 Å². The minimum atomic E-state index is 0.422. The second kappa shape index (κ2) is 4.69. The zero-order valence-electron chi connectivity index (χ0n) is 10.6. The van der Waals surface area contributed by atoms with E-state index in [9.17, 15) is 4.79 Å². The van der Waals surface area contributed by atoms with Crippen LogP contribution >= 0.6 is 0 Å². The summed E-state index contributed by atoms with van der Waals surface area (Å²) in [6, 6.07) is 9.77. The normalized spacial score (nSPS) is 12.7. The van der Waals surface area contributed by atoms with Crippen LogP contribution in [0, 0.1) is 6.92 Å². The Morgan fingerprint density at radius 1 is 1.32 bits per heavy atom. The molecule has 0 fully saturated rings. The van der Waals surface area contributed by atoms with Crippen LogP contribution in [0.15, 0.2) is 36.4 Å². The van der Waals surface area contributed by atoms with Gasteiger partial charge < -0.3 is 4.74 Å². The van der Waals surface area contributed by atoms with Crippen molar-refractivity contribution in [3.8, 4) is 17.0 Å². The van der Waals surface area contributed by atoms with E-state index >= 15 is 0 Å². The lowest BCUT2D eigenvalue weighted by Crippen LogP contribution is -2.05. The van der Waals surface area contributed by atoms with E-state index in [0.717, 1.165) is 34.4 Å². The summed E-state index contributed by atoms with van der Waals surface area (Å²) < 4.78 is 5.68. The lowest BCUT2D eigenvalue weighted by molar-refractivity contribution is 0.111. The minimum Gasteiger partial charge on any atom is -0.487 e. The van der Waals surface area contributed by atoms with E-state index in [1.165, 1.54) is 0 Å². The molecule has 0 radical (unpaired) electrons. The van der Waals surface area contributed by atoms with Crippen LogP contribution in [0.4, 0.5) is 0 Å². The smallest absolute Gasteiger partial charge is 0.168 e. The Kier molecular flexibility index (Phi) is 2.88. The van der Waals surface area contributed by atoms with Crippen LogP contribution < -0.4 is 4.74 Å². The molecule has 0 amide bonds. The molecule has 0 unspecified atom stereocenters. The molecule has 3 heteroatoms. The number of hydrogen-bond acceptors (Lipinski definition) is 3. The molecule has 1 aliphatic rings. The van der Waals surface area contributed by atoms with Gasteiger partial charge in [-0.25, -0.2) is 4.98 Å². The van der Waals surface area contributed by atoms with E-state index < -0.39 is 0 Å². The summed E-state index contributed by atoms with van der Waals surface area (Å²) in [5.41, 5.74) is 4.17. The number of aromatic nitrogens is 1. The first kappa shape index (κ1) is 11.7. The van der Waals surface area contributed by atoms with Crippen molar-refractivity contribution in [1.29, 1.82) is 0 Å². The maximum absolute atomic E-state index is 11.0. The maximum atomic E-state index is 11.0. The highest BCUT2D eigenvalue weighted by atomic mass is 16.5. The summed E-state index contributed by atoms with van der Waals surface area (Å²) in [6.07, 6.45) is 4.66. The van der Waals surface area contributed by atoms with E-state index in [4.69, 9.17) is 4.74 Å². The van der Waals surface area contributed by atoms with Gasteiger partial charge in [-0.3, -0.25) is 4.79 Å². The predicted octanol–water partition coefficient (Wildman–Crippen LogP) is 3.28. The van der Waals surface area contributed by atoms with Gasteiger partial charge in [-0.05, 0) is 25.1 Å². The molecule has 0 bridgehead atoms. The first-order valence-corrected chi connectivity index (χ1v) is 6.14. The Bertz CT molecular complexity index is 674. The van der Waals surface area contributed by atoms with Crippen molar-refractivity contribution in [2.75, 3.05) is 6.61 Å². The van der Waals surface area contributed by atoms with Crippen molar-refractivity contribution >= 4 is 12.4 Å². The molecule has 3 nitrogen and oxygen atoms in total. The number of ether oxygens (including phenoxy) is 1. The molecule has 0 aliphatic carbocycles. The van der Waals surface area contributed by atoms with Gasteiger partial charge in [-0.1, -0.05) is 29.8 Å². The SMILES string of the molecule is Cc1cccc(-c2nc(C=O)cc3c2OCC=C3)c1. The number of aryl methyl sites for hydroxylation is 1. The zero-order chi connectivity index (χ0) is 13.2. The molecule has 2 heterocycles. The van der Waals surface area contributed by atoms with Gasteiger partial charge in [0.05, 0.1) is 0 Å². The van der Waals surface area contributed by atoms with Gasteiger partial charge in [0.15, 0.2) is 12.0 Å². The highest BCUT2D eigenvalue weighted by Crippen LogP contribution is 2.34. The lowest BCUT2D eigenvalue weighted by Gasteiger charge is -2.16. The summed E-state index contributed by atoms with van der Waals surface area (Å²) in [7, 11) is 0. The summed E-state index contributed by atoms with van der Waals surface area (Å²) in [6.45, 7) is 2.56. The van der Waals surface area contributed by atoms with Crippen LogP contribution in [-0.4, -0.2) is 17.9 Å². The number of aldehydes is 1. The molecule has 19 heavy (non-hydrogen) atoms. The number of carbonyl (C=O) groups excluding carboxylic acids is 1. The number of nitrogens with zero attached hydrogens (tertiary/aromatic N) is 1. The van der Waals surface area contributed by atoms with Crippen LogP contribution in [0.1, 0.15) is 21.6 Å². The van der Waals surface area contributed by atoms with E-state index in [1.807, 2.05) is 43.3 Å². The first-order valence-electron chi connectivity index (χ1n) is 6.14. The molecule has 0 spiro atoms. The Morgan fingerprint density at radius 3 is 3.00 bits per heavy atom. The first-order chi connectivity index (χ1) is 9.28. The van der Waals surface area contributed by atoms with Gasteiger partial charge in [0.2, 0.25) is 0 Å². The van der Waals surface area contributed by atoms with E-state index in [-0.39, 0.29) is 0 Å². The predicted molar refractivity (Wildman–Crippen MR) is 74.3 cm³/mol. The summed E-state index contributed by atoms with van der Waals surface area (Å²) in [5.74, 6) is 0.749. The van der Waals surface area contributed by atoms with Crippen molar-refractivity contribution in [2.45, 2.75) is 6.92 Å². The molecule has 94 valence electrons. The third kappa shape index (κ3) is 2.15. The summed E-state index contributed by atoms with van der Waals surface area (Å²) in [4.78, 5) is 15.4. The van der Waals surface area contributed by atoms with E-state index in [2.05, 4.69) is 4.98 Å². The summed E-state index contributed by atoms with van der Waals surface area (Å²) in [5, 5.41) is 0. The Balaban J connectivity index is 2.25. The topological polar surface area (TPSA) is 39.2 Å². The van der Waals surface area contributed by atoms with Gasteiger partial charge >= 0.3 is 0 Å². The minimum absolute atomic E-state index is 0.422. The number of hydrogen-bond donors (Lipinski definition) is 0. The number of rotatable bonds is 2. The van der Waals surface area contributed by atoms with Crippen LogP contribution in [0.25, 0.3) is 17.3 Å². The Hall–Kier alpha value is -2.42. The fourth-order valence-electron chi connectivity index (χ4n) is 2.20. The number of fused-ring (bicyclic) bond motifs is 1. The van der Waals surface area contributed by atoms with Gasteiger partial charge in [-0.15, -0.1) is 0 Å². The van der Waals surface area contributed by atoms with E-state index in [1.54, 1.807) is 6.07 Å². The molecule has 0 atom stereocenters. The van der Waals surface area contributed by atoms with Crippen molar-refractivity contribution in [3.05, 3.63) is 53.2 Å². The van der Waals surface area contributed by atoms with Gasteiger partial charge in [0.1, 0.15) is 18.0 Å². The second-order valence-corrected chi connectivity index (χ2v) is 4.51. The molecule has 1 aromatic heterocycles. The molecule has 3 rings (SSSR count). The number of pyridine rings is 1. The second-order valence-electron chi connectivity index (χ2n) is 4.51. The molecule has 0 saturated heterocycles. The van der Waals surface area contributed by atoms with Crippen molar-refractivity contribution in [2.24, 2.45) is 0 Å². The largest absolute Gasteiger partial charge is 0.487 e.